The Bertz CT molecular complexity index is 933. The van der Waals surface area contributed by atoms with Crippen molar-refractivity contribution in [1.82, 2.24) is 4.90 Å². The van der Waals surface area contributed by atoms with Crippen molar-refractivity contribution in [2.45, 2.75) is 90.9 Å². The van der Waals surface area contributed by atoms with Crippen molar-refractivity contribution >= 4 is 5.91 Å². The molecule has 0 spiro atoms. The monoisotopic (exact) mass is 456 g/mol. The van der Waals surface area contributed by atoms with Crippen LogP contribution in [0.25, 0.3) is 0 Å². The van der Waals surface area contributed by atoms with Gasteiger partial charge < -0.3 is 25.6 Å². The number of carbonyl (C=O) groups excluding carboxylic acids is 1. The van der Waals surface area contributed by atoms with Crippen LogP contribution in [0, 0.1) is 0 Å². The van der Waals surface area contributed by atoms with Gasteiger partial charge in [-0.2, -0.15) is 0 Å². The summed E-state index contributed by atoms with van der Waals surface area (Å²) in [6, 6.07) is 1.54. The van der Waals surface area contributed by atoms with Gasteiger partial charge >= 0.3 is 0 Å². The first-order chi connectivity index (χ1) is 15.7. The predicted octanol–water partition coefficient (Wildman–Crippen LogP) is 4.61. The van der Waals surface area contributed by atoms with Crippen LogP contribution in [0.1, 0.15) is 87.7 Å². The van der Waals surface area contributed by atoms with Gasteiger partial charge in [-0.05, 0) is 78.8 Å². The van der Waals surface area contributed by atoms with Crippen LogP contribution in [0.2, 0.25) is 0 Å². The Balaban J connectivity index is 1.74. The maximum Gasteiger partial charge on any atom is 0.254 e. The molecule has 0 fully saturated rings. The van der Waals surface area contributed by atoms with Gasteiger partial charge in [0, 0.05) is 24.1 Å². The summed E-state index contributed by atoms with van der Waals surface area (Å²) in [5, 5.41) is 21.5. The van der Waals surface area contributed by atoms with Gasteiger partial charge in [-0.3, -0.25) is 4.79 Å². The number of unbranched alkanes of at least 4 members (excludes halogenated alkanes) is 1. The number of hydrogen-bond donors (Lipinski definition) is 3. The second-order valence-electron chi connectivity index (χ2n) is 10.00. The molecule has 0 saturated heterocycles. The molecule has 0 aromatic heterocycles. The summed E-state index contributed by atoms with van der Waals surface area (Å²) in [5.41, 5.74) is 9.42. The van der Waals surface area contributed by atoms with Gasteiger partial charge in [-0.25, -0.2) is 0 Å². The number of nitrogens with two attached hydrogens (primary N) is 1. The van der Waals surface area contributed by atoms with E-state index in [1.807, 2.05) is 6.92 Å². The number of fused-ring (bicyclic) bond motifs is 3. The molecule has 1 unspecified atom stereocenters. The molecule has 6 nitrogen and oxygen atoms in total. The molecule has 2 aliphatic heterocycles. The molecule has 182 valence electrons. The van der Waals surface area contributed by atoms with Crippen LogP contribution in [-0.2, 0) is 13.0 Å². The first kappa shape index (κ1) is 25.3. The van der Waals surface area contributed by atoms with E-state index >= 15 is 0 Å². The number of nitrogens with zero attached hydrogens (tertiary/aromatic N) is 1. The van der Waals surface area contributed by atoms with Crippen molar-refractivity contribution in [3.05, 3.63) is 46.1 Å². The lowest BCUT2D eigenvalue weighted by molar-refractivity contribution is -0.0599. The Morgan fingerprint density at radius 1 is 1.24 bits per heavy atom. The van der Waals surface area contributed by atoms with E-state index in [9.17, 15) is 15.0 Å². The molecule has 33 heavy (non-hydrogen) atoms. The van der Waals surface area contributed by atoms with Gasteiger partial charge in [0.25, 0.3) is 5.91 Å². The highest BCUT2D eigenvalue weighted by Crippen LogP contribution is 2.46. The zero-order valence-electron chi connectivity index (χ0n) is 20.6. The van der Waals surface area contributed by atoms with Gasteiger partial charge in [-0.1, -0.05) is 23.3 Å². The number of amides is 1. The third kappa shape index (κ3) is 5.79. The highest BCUT2D eigenvalue weighted by molar-refractivity contribution is 6.00. The van der Waals surface area contributed by atoms with Gasteiger partial charge in [0.1, 0.15) is 17.1 Å². The number of phenolic OH excluding ortho intramolecular Hbond substituents is 1. The number of allylic oxidation sites excluding steroid dienone is 4. The molecule has 2 heterocycles. The normalized spacial score (nSPS) is 22.1. The fourth-order valence-electron chi connectivity index (χ4n) is 4.68. The third-order valence-electron chi connectivity index (χ3n) is 6.87. The smallest absolute Gasteiger partial charge is 0.254 e. The van der Waals surface area contributed by atoms with E-state index in [1.54, 1.807) is 4.90 Å². The summed E-state index contributed by atoms with van der Waals surface area (Å²) in [4.78, 5) is 14.7. The minimum atomic E-state index is -0.777. The van der Waals surface area contributed by atoms with Crippen molar-refractivity contribution in [2.75, 3.05) is 13.1 Å². The largest absolute Gasteiger partial charge is 0.508 e. The Labute approximate surface area is 198 Å². The number of rotatable bonds is 10. The number of aromatic hydroxyl groups is 1. The lowest BCUT2D eigenvalue weighted by atomic mass is 9.84. The summed E-state index contributed by atoms with van der Waals surface area (Å²) >= 11 is 0. The summed E-state index contributed by atoms with van der Waals surface area (Å²) < 4.78 is 6.42. The van der Waals surface area contributed by atoms with Gasteiger partial charge in [0.15, 0.2) is 0 Å². The van der Waals surface area contributed by atoms with Crippen molar-refractivity contribution in [1.29, 1.82) is 0 Å². The van der Waals surface area contributed by atoms with E-state index in [4.69, 9.17) is 10.5 Å². The molecular formula is C27H40N2O4. The van der Waals surface area contributed by atoms with Crippen molar-refractivity contribution < 1.29 is 19.7 Å². The minimum absolute atomic E-state index is 0.0250. The molecule has 0 radical (unpaired) electrons. The maximum absolute atomic E-state index is 12.9. The quantitative estimate of drug-likeness (QED) is 0.353. The van der Waals surface area contributed by atoms with Crippen molar-refractivity contribution in [2.24, 2.45) is 5.73 Å². The van der Waals surface area contributed by atoms with Crippen LogP contribution in [0.4, 0.5) is 0 Å². The number of aliphatic hydroxyl groups is 1. The average molecular weight is 457 g/mol. The molecule has 0 aliphatic carbocycles. The van der Waals surface area contributed by atoms with Crippen molar-refractivity contribution in [3.8, 4) is 11.5 Å². The molecule has 4 N–H and O–H groups in total. The SMILES string of the molecule is CC(C)=CCC/C(C)=C/CC[C@]1(C)Oc2c(c(O)cc3c2CN(CCCCN)C3=O)CC1O. The lowest BCUT2D eigenvalue weighted by Crippen LogP contribution is -2.49. The summed E-state index contributed by atoms with van der Waals surface area (Å²) in [7, 11) is 0. The number of ether oxygens (including phenoxy) is 1. The molecule has 2 aliphatic rings. The van der Waals surface area contributed by atoms with Gasteiger partial charge in [0.05, 0.1) is 18.2 Å². The van der Waals surface area contributed by atoms with Gasteiger partial charge in [0.2, 0.25) is 0 Å². The summed E-state index contributed by atoms with van der Waals surface area (Å²) in [5.74, 6) is 0.528. The third-order valence-corrected chi connectivity index (χ3v) is 6.87. The lowest BCUT2D eigenvalue weighted by Gasteiger charge is -2.40. The number of phenols is 1. The molecule has 1 aromatic rings. The van der Waals surface area contributed by atoms with Crippen LogP contribution in [-0.4, -0.2) is 45.8 Å². The molecule has 2 atom stereocenters. The van der Waals surface area contributed by atoms with Crippen LogP contribution in [0.15, 0.2) is 29.4 Å². The van der Waals surface area contributed by atoms with E-state index < -0.39 is 11.7 Å². The Morgan fingerprint density at radius 2 is 2.00 bits per heavy atom. The predicted molar refractivity (Wildman–Crippen MR) is 132 cm³/mol. The van der Waals surface area contributed by atoms with Crippen LogP contribution >= 0.6 is 0 Å². The van der Waals surface area contributed by atoms with Crippen molar-refractivity contribution in [3.63, 3.8) is 0 Å². The molecule has 1 amide bonds. The van der Waals surface area contributed by atoms with Gasteiger partial charge in [-0.15, -0.1) is 0 Å². The number of carbonyl (C=O) groups is 1. The zero-order chi connectivity index (χ0) is 24.2. The second-order valence-corrected chi connectivity index (χ2v) is 10.00. The first-order valence-electron chi connectivity index (χ1n) is 12.2. The van der Waals surface area contributed by atoms with E-state index in [1.165, 1.54) is 17.2 Å². The molecule has 6 heteroatoms. The maximum atomic E-state index is 12.9. The molecule has 0 saturated carbocycles. The van der Waals surface area contributed by atoms with Crippen LogP contribution < -0.4 is 10.5 Å². The highest BCUT2D eigenvalue weighted by atomic mass is 16.5. The first-order valence-corrected chi connectivity index (χ1v) is 12.2. The molecule has 1 aromatic carbocycles. The summed E-state index contributed by atoms with van der Waals surface area (Å²) in [6.45, 7) is 10.0. The summed E-state index contributed by atoms with van der Waals surface area (Å²) in [6.07, 6.45) is 9.30. The van der Waals surface area contributed by atoms with E-state index in [-0.39, 0.29) is 11.7 Å². The fourth-order valence-corrected chi connectivity index (χ4v) is 4.68. The molecular weight excluding hydrogens is 416 g/mol. The number of benzene rings is 1. The number of hydrogen-bond acceptors (Lipinski definition) is 5. The van der Waals surface area contributed by atoms with Crippen LogP contribution in [0.5, 0.6) is 11.5 Å². The molecule has 0 bridgehead atoms. The molecule has 3 rings (SSSR count). The highest BCUT2D eigenvalue weighted by Gasteiger charge is 2.44. The van der Waals surface area contributed by atoms with Crippen LogP contribution in [0.3, 0.4) is 0 Å². The second kappa shape index (κ2) is 10.7. The minimum Gasteiger partial charge on any atom is -0.508 e. The Hall–Kier alpha value is -2.31. The number of aliphatic hydroxyl groups excluding tert-OH is 1. The van der Waals surface area contributed by atoms with E-state index in [0.717, 1.165) is 37.7 Å². The topological polar surface area (TPSA) is 96.0 Å². The standard InChI is InChI=1S/C27H40N2O4/c1-18(2)9-7-10-19(3)11-8-12-27(4)24(31)16-21-23(30)15-20-22(25(21)33-27)17-29(26(20)32)14-6-5-13-28/h9,11,15,24,30-31H,5-8,10,12-14,16-17,28H2,1-4H3/b19-11+/t24?,27-/m0/s1. The Morgan fingerprint density at radius 3 is 2.70 bits per heavy atom. The van der Waals surface area contributed by atoms with E-state index in [0.29, 0.717) is 49.4 Å². The van der Waals surface area contributed by atoms with E-state index in [2.05, 4.69) is 32.9 Å². The Kier molecular flexibility index (Phi) is 8.24. The zero-order valence-corrected chi connectivity index (χ0v) is 20.6. The fraction of sp³-hybridized carbons (Fsp3) is 0.593. The average Bonchev–Trinajstić information content (AvgIpc) is 3.05.